The number of benzene rings is 1. The van der Waals surface area contributed by atoms with Gasteiger partial charge < -0.3 is 9.67 Å². The summed E-state index contributed by atoms with van der Waals surface area (Å²) in [5, 5.41) is 9.86. The molecule has 17 heavy (non-hydrogen) atoms. The molecule has 0 saturated carbocycles. The third-order valence-electron chi connectivity index (χ3n) is 3.03. The van der Waals surface area contributed by atoms with E-state index in [1.54, 1.807) is 6.08 Å². The van der Waals surface area contributed by atoms with Crippen molar-refractivity contribution < 1.29 is 5.11 Å². The first-order valence-electron chi connectivity index (χ1n) is 5.70. The molecule has 2 heteroatoms. The molecule has 0 radical (unpaired) electrons. The highest BCUT2D eigenvalue weighted by Gasteiger charge is 2.14. The molecule has 1 heterocycles. The maximum Gasteiger partial charge on any atom is 0.0986 e. The van der Waals surface area contributed by atoms with E-state index >= 15 is 0 Å². The number of aryl methyl sites for hydroxylation is 1. The molecule has 0 saturated heterocycles. The minimum absolute atomic E-state index is 0.598. The molecule has 0 fully saturated rings. The van der Waals surface area contributed by atoms with Gasteiger partial charge in [0.25, 0.3) is 0 Å². The van der Waals surface area contributed by atoms with Crippen LogP contribution in [0.2, 0.25) is 0 Å². The molecule has 88 valence electrons. The summed E-state index contributed by atoms with van der Waals surface area (Å²) in [6.07, 6.45) is 0.954. The SMILES string of the molecule is C=CC(O)c1cc(C)n(-c2ccccc2)c1C. The lowest BCUT2D eigenvalue weighted by atomic mass is 10.1. The molecule has 0 spiro atoms. The van der Waals surface area contributed by atoms with Crippen LogP contribution in [0.3, 0.4) is 0 Å². The fourth-order valence-corrected chi connectivity index (χ4v) is 2.19. The van der Waals surface area contributed by atoms with E-state index in [0.29, 0.717) is 0 Å². The number of rotatable bonds is 3. The van der Waals surface area contributed by atoms with Gasteiger partial charge in [-0.1, -0.05) is 24.3 Å². The van der Waals surface area contributed by atoms with Crippen LogP contribution < -0.4 is 0 Å². The summed E-state index contributed by atoms with van der Waals surface area (Å²) in [5.41, 5.74) is 4.21. The Kier molecular flexibility index (Phi) is 3.16. The van der Waals surface area contributed by atoms with Crippen molar-refractivity contribution in [3.63, 3.8) is 0 Å². The Bertz CT molecular complexity index is 525. The Hall–Kier alpha value is -1.80. The van der Waals surface area contributed by atoms with Crippen molar-refractivity contribution in [1.29, 1.82) is 0 Å². The van der Waals surface area contributed by atoms with Gasteiger partial charge in [-0.2, -0.15) is 0 Å². The van der Waals surface area contributed by atoms with Gasteiger partial charge in [0.2, 0.25) is 0 Å². The van der Waals surface area contributed by atoms with Crippen LogP contribution in [0.1, 0.15) is 23.1 Å². The average molecular weight is 227 g/mol. The van der Waals surface area contributed by atoms with E-state index in [-0.39, 0.29) is 0 Å². The molecule has 0 amide bonds. The van der Waals surface area contributed by atoms with E-state index < -0.39 is 6.10 Å². The minimum Gasteiger partial charge on any atom is -0.384 e. The first kappa shape index (κ1) is 11.7. The highest BCUT2D eigenvalue weighted by molar-refractivity contribution is 5.42. The summed E-state index contributed by atoms with van der Waals surface area (Å²) < 4.78 is 2.14. The number of aliphatic hydroxyl groups is 1. The zero-order chi connectivity index (χ0) is 12.4. The number of nitrogens with zero attached hydrogens (tertiary/aromatic N) is 1. The van der Waals surface area contributed by atoms with Crippen molar-refractivity contribution in [2.24, 2.45) is 0 Å². The van der Waals surface area contributed by atoms with E-state index in [1.807, 2.05) is 38.1 Å². The molecular weight excluding hydrogens is 210 g/mol. The lowest BCUT2D eigenvalue weighted by Crippen LogP contribution is -2.00. The van der Waals surface area contributed by atoms with E-state index in [4.69, 9.17) is 0 Å². The Morgan fingerprint density at radius 1 is 1.24 bits per heavy atom. The van der Waals surface area contributed by atoms with Crippen molar-refractivity contribution >= 4 is 0 Å². The molecule has 2 nitrogen and oxygen atoms in total. The molecular formula is C15H17NO. The predicted octanol–water partition coefficient (Wildman–Crippen LogP) is 3.31. The molecule has 2 aromatic rings. The summed E-state index contributed by atoms with van der Waals surface area (Å²) in [6.45, 7) is 7.69. The Morgan fingerprint density at radius 2 is 1.88 bits per heavy atom. The molecule has 0 aliphatic heterocycles. The van der Waals surface area contributed by atoms with E-state index in [0.717, 1.165) is 22.6 Å². The van der Waals surface area contributed by atoms with E-state index in [1.165, 1.54) is 0 Å². The molecule has 0 aliphatic carbocycles. The second-order valence-electron chi connectivity index (χ2n) is 4.18. The number of hydrogen-bond acceptors (Lipinski definition) is 1. The van der Waals surface area contributed by atoms with Crippen molar-refractivity contribution in [3.05, 3.63) is 66.0 Å². The van der Waals surface area contributed by atoms with Gasteiger partial charge in [-0.05, 0) is 32.0 Å². The molecule has 1 aromatic carbocycles. The molecule has 2 rings (SSSR count). The van der Waals surface area contributed by atoms with Crippen LogP contribution in [-0.2, 0) is 0 Å². The van der Waals surface area contributed by atoms with Crippen molar-refractivity contribution in [2.75, 3.05) is 0 Å². The molecule has 1 N–H and O–H groups in total. The molecule has 1 aromatic heterocycles. The Labute approximate surface area is 102 Å². The Morgan fingerprint density at radius 3 is 2.47 bits per heavy atom. The number of aliphatic hydroxyl groups excluding tert-OH is 1. The summed E-state index contributed by atoms with van der Waals surface area (Å²) >= 11 is 0. The van der Waals surface area contributed by atoms with Crippen LogP contribution in [0.4, 0.5) is 0 Å². The summed E-state index contributed by atoms with van der Waals surface area (Å²) in [7, 11) is 0. The number of para-hydroxylation sites is 1. The summed E-state index contributed by atoms with van der Waals surface area (Å²) in [5.74, 6) is 0. The van der Waals surface area contributed by atoms with Crippen LogP contribution in [0.5, 0.6) is 0 Å². The van der Waals surface area contributed by atoms with Crippen LogP contribution in [0, 0.1) is 13.8 Å². The monoisotopic (exact) mass is 227 g/mol. The molecule has 1 unspecified atom stereocenters. The van der Waals surface area contributed by atoms with Crippen molar-refractivity contribution in [3.8, 4) is 5.69 Å². The summed E-state index contributed by atoms with van der Waals surface area (Å²) in [4.78, 5) is 0. The van der Waals surface area contributed by atoms with Gasteiger partial charge in [-0.15, -0.1) is 6.58 Å². The number of hydrogen-bond donors (Lipinski definition) is 1. The van der Waals surface area contributed by atoms with E-state index in [9.17, 15) is 5.11 Å². The zero-order valence-corrected chi connectivity index (χ0v) is 10.2. The summed E-state index contributed by atoms with van der Waals surface area (Å²) in [6, 6.07) is 12.1. The highest BCUT2D eigenvalue weighted by atomic mass is 16.3. The maximum absolute atomic E-state index is 9.86. The van der Waals surface area contributed by atoms with Crippen LogP contribution in [0.15, 0.2) is 49.1 Å². The van der Waals surface area contributed by atoms with Gasteiger partial charge in [0.1, 0.15) is 0 Å². The largest absolute Gasteiger partial charge is 0.384 e. The normalized spacial score (nSPS) is 12.4. The first-order valence-corrected chi connectivity index (χ1v) is 5.70. The van der Waals surface area contributed by atoms with Gasteiger partial charge in [-0.3, -0.25) is 0 Å². The van der Waals surface area contributed by atoms with Gasteiger partial charge in [0.05, 0.1) is 6.10 Å². The van der Waals surface area contributed by atoms with E-state index in [2.05, 4.69) is 23.3 Å². The van der Waals surface area contributed by atoms with Gasteiger partial charge in [0.15, 0.2) is 0 Å². The van der Waals surface area contributed by atoms with Gasteiger partial charge in [0, 0.05) is 22.6 Å². The lowest BCUT2D eigenvalue weighted by molar-refractivity contribution is 0.228. The van der Waals surface area contributed by atoms with Crippen LogP contribution >= 0.6 is 0 Å². The van der Waals surface area contributed by atoms with Crippen molar-refractivity contribution in [2.45, 2.75) is 20.0 Å². The maximum atomic E-state index is 9.86. The fourth-order valence-electron chi connectivity index (χ4n) is 2.19. The topological polar surface area (TPSA) is 25.2 Å². The fraction of sp³-hybridized carbons (Fsp3) is 0.200. The molecule has 1 atom stereocenters. The molecule has 0 bridgehead atoms. The van der Waals surface area contributed by atoms with Gasteiger partial charge in [-0.25, -0.2) is 0 Å². The number of aromatic nitrogens is 1. The zero-order valence-electron chi connectivity index (χ0n) is 10.2. The minimum atomic E-state index is -0.598. The third-order valence-corrected chi connectivity index (χ3v) is 3.03. The van der Waals surface area contributed by atoms with Gasteiger partial charge >= 0.3 is 0 Å². The smallest absolute Gasteiger partial charge is 0.0986 e. The van der Waals surface area contributed by atoms with Crippen LogP contribution in [0.25, 0.3) is 5.69 Å². The second kappa shape index (κ2) is 4.60. The highest BCUT2D eigenvalue weighted by Crippen LogP contribution is 2.25. The molecule has 0 aliphatic rings. The quantitative estimate of drug-likeness (QED) is 0.799. The van der Waals surface area contributed by atoms with Crippen molar-refractivity contribution in [1.82, 2.24) is 4.57 Å². The Balaban J connectivity index is 2.56. The second-order valence-corrected chi connectivity index (χ2v) is 4.18. The third kappa shape index (κ3) is 2.04. The standard InChI is InChI=1S/C15H17NO/c1-4-15(17)14-10-11(2)16(12(14)3)13-8-6-5-7-9-13/h4-10,15,17H,1H2,2-3H3. The van der Waals surface area contributed by atoms with Crippen LogP contribution in [-0.4, -0.2) is 9.67 Å². The predicted molar refractivity (Wildman–Crippen MR) is 70.4 cm³/mol. The lowest BCUT2D eigenvalue weighted by Gasteiger charge is -2.10. The first-order chi connectivity index (χ1) is 8.15. The average Bonchev–Trinajstić information content (AvgIpc) is 2.65.